The van der Waals surface area contributed by atoms with Crippen molar-refractivity contribution >= 4 is 22.9 Å². The third-order valence-electron chi connectivity index (χ3n) is 2.67. The molecular weight excluding hydrogens is 226 g/mol. The number of aromatic nitrogens is 3. The Morgan fingerprint density at radius 1 is 1.38 bits per heavy atom. The van der Waals surface area contributed by atoms with Crippen LogP contribution in [-0.4, -0.2) is 14.6 Å². The maximum Gasteiger partial charge on any atom is 0.178 e. The highest BCUT2D eigenvalue weighted by molar-refractivity contribution is 6.32. The molecule has 0 saturated heterocycles. The molecule has 6 heteroatoms. The minimum atomic E-state index is -0.388. The van der Waals surface area contributed by atoms with Gasteiger partial charge in [0.2, 0.25) is 0 Å². The molecule has 16 heavy (non-hydrogen) atoms. The van der Waals surface area contributed by atoms with E-state index in [9.17, 15) is 0 Å². The molecule has 0 aromatic carbocycles. The van der Waals surface area contributed by atoms with Crippen molar-refractivity contribution < 1.29 is 0 Å². The van der Waals surface area contributed by atoms with Gasteiger partial charge in [-0.3, -0.25) is 0 Å². The van der Waals surface area contributed by atoms with Crippen LogP contribution in [0.25, 0.3) is 5.65 Å². The van der Waals surface area contributed by atoms with Crippen molar-refractivity contribution in [2.75, 3.05) is 0 Å². The van der Waals surface area contributed by atoms with Gasteiger partial charge in [0.05, 0.1) is 17.5 Å². The number of azo groups is 1. The summed E-state index contributed by atoms with van der Waals surface area (Å²) in [6.07, 6.45) is 1.84. The van der Waals surface area contributed by atoms with Crippen molar-refractivity contribution in [1.82, 2.24) is 14.6 Å². The van der Waals surface area contributed by atoms with Crippen LogP contribution >= 0.6 is 11.6 Å². The van der Waals surface area contributed by atoms with E-state index in [1.165, 1.54) is 0 Å². The molecule has 3 heterocycles. The van der Waals surface area contributed by atoms with Gasteiger partial charge in [-0.05, 0) is 20.8 Å². The number of rotatable bonds is 0. The lowest BCUT2D eigenvalue weighted by molar-refractivity contribution is 0.556. The first-order valence-corrected chi connectivity index (χ1v) is 5.36. The number of nitrogens with zero attached hydrogens (tertiary/aromatic N) is 5. The van der Waals surface area contributed by atoms with Crippen LogP contribution in [0.1, 0.15) is 25.1 Å². The number of hydrogen-bond acceptors (Lipinski definition) is 4. The summed E-state index contributed by atoms with van der Waals surface area (Å²) in [7, 11) is 0. The van der Waals surface area contributed by atoms with Gasteiger partial charge in [-0.1, -0.05) is 11.6 Å². The Kier molecular flexibility index (Phi) is 1.70. The Morgan fingerprint density at radius 2 is 2.12 bits per heavy atom. The molecular formula is C10H10ClN5. The molecule has 0 atom stereocenters. The van der Waals surface area contributed by atoms with Crippen LogP contribution in [0.15, 0.2) is 16.4 Å². The largest absolute Gasteiger partial charge is 0.232 e. The van der Waals surface area contributed by atoms with Crippen molar-refractivity contribution in [2.24, 2.45) is 10.2 Å². The Labute approximate surface area is 97.2 Å². The summed E-state index contributed by atoms with van der Waals surface area (Å²) in [5.74, 6) is 0. The second-order valence-electron chi connectivity index (χ2n) is 4.42. The Bertz CT molecular complexity index is 626. The smallest absolute Gasteiger partial charge is 0.178 e. The normalized spacial score (nSPS) is 17.0. The summed E-state index contributed by atoms with van der Waals surface area (Å²) in [5, 5.41) is 12.9. The van der Waals surface area contributed by atoms with Crippen molar-refractivity contribution in [2.45, 2.75) is 26.3 Å². The molecule has 1 aliphatic rings. The number of fused-ring (bicyclic) bond motifs is 3. The van der Waals surface area contributed by atoms with E-state index in [2.05, 4.69) is 20.3 Å². The van der Waals surface area contributed by atoms with Crippen molar-refractivity contribution in [1.29, 1.82) is 0 Å². The molecule has 0 aliphatic carbocycles. The summed E-state index contributed by atoms with van der Waals surface area (Å²) in [4.78, 5) is 4.44. The van der Waals surface area contributed by atoms with Crippen molar-refractivity contribution in [3.05, 3.63) is 22.6 Å². The first-order valence-electron chi connectivity index (χ1n) is 4.98. The van der Waals surface area contributed by atoms with Crippen LogP contribution < -0.4 is 0 Å². The van der Waals surface area contributed by atoms with Gasteiger partial charge >= 0.3 is 0 Å². The summed E-state index contributed by atoms with van der Waals surface area (Å²) < 4.78 is 1.69. The van der Waals surface area contributed by atoms with Gasteiger partial charge in [0.1, 0.15) is 11.2 Å². The zero-order chi connectivity index (χ0) is 11.5. The van der Waals surface area contributed by atoms with E-state index >= 15 is 0 Å². The molecule has 2 aromatic heterocycles. The number of aryl methyl sites for hydroxylation is 1. The lowest BCUT2D eigenvalue weighted by Crippen LogP contribution is -2.12. The molecule has 0 bridgehead atoms. The van der Waals surface area contributed by atoms with Gasteiger partial charge in [0.25, 0.3) is 0 Å². The van der Waals surface area contributed by atoms with Gasteiger partial charge in [-0.15, -0.1) is 0 Å². The molecule has 2 aromatic rings. The Hall–Kier alpha value is -1.49. The first-order chi connectivity index (χ1) is 7.49. The highest BCUT2D eigenvalue weighted by Crippen LogP contribution is 2.44. The zero-order valence-corrected chi connectivity index (χ0v) is 9.95. The lowest BCUT2D eigenvalue weighted by Gasteiger charge is -2.14. The van der Waals surface area contributed by atoms with E-state index in [1.54, 1.807) is 4.52 Å². The van der Waals surface area contributed by atoms with E-state index < -0.39 is 0 Å². The fourth-order valence-corrected chi connectivity index (χ4v) is 2.18. The van der Waals surface area contributed by atoms with Gasteiger partial charge in [-0.25, -0.2) is 9.50 Å². The molecule has 1 aliphatic heterocycles. The molecule has 3 rings (SSSR count). The van der Waals surface area contributed by atoms with Crippen LogP contribution in [0.3, 0.4) is 0 Å². The predicted octanol–water partition coefficient (Wildman–Crippen LogP) is 3.02. The summed E-state index contributed by atoms with van der Waals surface area (Å²) >= 11 is 6.07. The SMILES string of the molecule is Cc1cn2nc(Cl)c3c(c2n1)C(C)(C)N=N3. The zero-order valence-electron chi connectivity index (χ0n) is 9.19. The van der Waals surface area contributed by atoms with Crippen LogP contribution in [0.2, 0.25) is 5.15 Å². The van der Waals surface area contributed by atoms with E-state index in [4.69, 9.17) is 11.6 Å². The van der Waals surface area contributed by atoms with Crippen molar-refractivity contribution in [3.63, 3.8) is 0 Å². The number of halogens is 1. The minimum absolute atomic E-state index is 0.370. The highest BCUT2D eigenvalue weighted by atomic mass is 35.5. The van der Waals surface area contributed by atoms with Gasteiger partial charge in [0, 0.05) is 0 Å². The fourth-order valence-electron chi connectivity index (χ4n) is 1.96. The third-order valence-corrected chi connectivity index (χ3v) is 2.93. The molecule has 0 spiro atoms. The Balaban J connectivity index is 2.49. The second-order valence-corrected chi connectivity index (χ2v) is 4.78. The Morgan fingerprint density at radius 3 is 2.88 bits per heavy atom. The summed E-state index contributed by atoms with van der Waals surface area (Å²) in [6, 6.07) is 0. The molecule has 0 amide bonds. The molecule has 0 saturated carbocycles. The standard InChI is InChI=1S/C10H10ClN5/c1-5-4-16-9(12-5)6-7(8(11)14-16)13-15-10(6,2)3/h4H,1-3H3. The van der Waals surface area contributed by atoms with Gasteiger partial charge in [-0.2, -0.15) is 15.3 Å². The number of hydrogen-bond donors (Lipinski definition) is 0. The number of imidazole rings is 1. The summed E-state index contributed by atoms with van der Waals surface area (Å²) in [6.45, 7) is 5.90. The predicted molar refractivity (Wildman–Crippen MR) is 60.3 cm³/mol. The first kappa shape index (κ1) is 9.72. The van der Waals surface area contributed by atoms with E-state index in [0.717, 1.165) is 16.9 Å². The van der Waals surface area contributed by atoms with E-state index in [-0.39, 0.29) is 5.54 Å². The molecule has 0 N–H and O–H groups in total. The second kappa shape index (κ2) is 2.79. The third kappa shape index (κ3) is 1.12. The topological polar surface area (TPSA) is 54.9 Å². The molecule has 5 nitrogen and oxygen atoms in total. The minimum Gasteiger partial charge on any atom is -0.232 e. The van der Waals surface area contributed by atoms with Crippen LogP contribution in [0.5, 0.6) is 0 Å². The molecule has 0 unspecified atom stereocenters. The monoisotopic (exact) mass is 235 g/mol. The molecule has 82 valence electrons. The van der Waals surface area contributed by atoms with Gasteiger partial charge < -0.3 is 0 Å². The van der Waals surface area contributed by atoms with E-state index in [0.29, 0.717) is 10.8 Å². The highest BCUT2D eigenvalue weighted by Gasteiger charge is 2.34. The fraction of sp³-hybridized carbons (Fsp3) is 0.400. The van der Waals surface area contributed by atoms with E-state index in [1.807, 2.05) is 27.0 Å². The average molecular weight is 236 g/mol. The van der Waals surface area contributed by atoms with Crippen LogP contribution in [-0.2, 0) is 5.54 Å². The molecule has 0 radical (unpaired) electrons. The van der Waals surface area contributed by atoms with Crippen molar-refractivity contribution in [3.8, 4) is 0 Å². The maximum atomic E-state index is 6.07. The maximum absolute atomic E-state index is 6.07. The molecule has 0 fully saturated rings. The lowest BCUT2D eigenvalue weighted by atomic mass is 9.97. The average Bonchev–Trinajstić information content (AvgIpc) is 2.66. The quantitative estimate of drug-likeness (QED) is 0.705. The van der Waals surface area contributed by atoms with Crippen LogP contribution in [0, 0.1) is 6.92 Å². The van der Waals surface area contributed by atoms with Gasteiger partial charge in [0.15, 0.2) is 10.8 Å². The summed E-state index contributed by atoms with van der Waals surface area (Å²) in [5.41, 5.74) is 2.89. The van der Waals surface area contributed by atoms with Crippen LogP contribution in [0.4, 0.5) is 5.69 Å².